The second-order valence-corrected chi connectivity index (χ2v) is 7.81. The Balaban J connectivity index is 1.58. The van der Waals surface area contributed by atoms with Gasteiger partial charge in [-0.25, -0.2) is 0 Å². The average Bonchev–Trinajstić information content (AvgIpc) is 3.53. The molecule has 0 aliphatic carbocycles. The van der Waals surface area contributed by atoms with Crippen LogP contribution in [0.5, 0.6) is 0 Å². The quantitative estimate of drug-likeness (QED) is 0.0751. The van der Waals surface area contributed by atoms with Gasteiger partial charge in [0.05, 0.1) is 6.07 Å². The summed E-state index contributed by atoms with van der Waals surface area (Å²) < 4.78 is 16.2. The lowest BCUT2D eigenvalue weighted by Crippen LogP contribution is -2.09. The summed E-state index contributed by atoms with van der Waals surface area (Å²) >= 11 is 0. The number of ketones is 2. The van der Waals surface area contributed by atoms with E-state index in [2.05, 4.69) is 0 Å². The van der Waals surface area contributed by atoms with Crippen molar-refractivity contribution in [1.82, 2.24) is 0 Å². The Morgan fingerprint density at radius 1 is 0.919 bits per heavy atom. The number of carbonyl (C=O) groups is 3. The molecular weight excluding hydrogens is 472 g/mol. The molecule has 0 radical (unpaired) electrons. The number of esters is 1. The second kappa shape index (κ2) is 10.9. The van der Waals surface area contributed by atoms with Crippen molar-refractivity contribution in [3.63, 3.8) is 0 Å². The smallest absolute Gasteiger partial charge is 0.308 e. The number of hydrogen-bond donors (Lipinski definition) is 0. The first-order chi connectivity index (χ1) is 17.9. The van der Waals surface area contributed by atoms with Crippen molar-refractivity contribution in [3.8, 4) is 12.1 Å². The van der Waals surface area contributed by atoms with Gasteiger partial charge in [-0.2, -0.15) is 10.5 Å². The molecule has 1 unspecified atom stereocenters. The number of allylic oxidation sites excluding steroid dienone is 5. The van der Waals surface area contributed by atoms with E-state index in [1.165, 1.54) is 24.3 Å². The number of furan rings is 2. The molecule has 0 spiro atoms. The van der Waals surface area contributed by atoms with Crippen molar-refractivity contribution in [2.75, 3.05) is 0 Å². The zero-order valence-electron chi connectivity index (χ0n) is 19.5. The standard InChI is InChI=1S/C29H18N2O6/c1-18(32)35-23(13-22(17-31)29(34)27-15-20-8-3-5-12-25(20)37-27)10-6-9-21(16-30)28(33)26-14-19-7-2-4-11-24(19)36-26/h2-15,21H,1H3. The Kier molecular flexibility index (Phi) is 7.23. The number of ether oxygens (including phenoxy) is 1. The maximum atomic E-state index is 12.8. The molecule has 0 aliphatic heterocycles. The minimum absolute atomic E-state index is 0.0321. The van der Waals surface area contributed by atoms with Crippen LogP contribution < -0.4 is 0 Å². The molecule has 0 aliphatic rings. The molecule has 180 valence electrons. The first-order valence-electron chi connectivity index (χ1n) is 11.0. The van der Waals surface area contributed by atoms with E-state index < -0.39 is 23.5 Å². The third-order valence-corrected chi connectivity index (χ3v) is 5.22. The largest absolute Gasteiger partial charge is 0.453 e. The Morgan fingerprint density at radius 2 is 1.51 bits per heavy atom. The summed E-state index contributed by atoms with van der Waals surface area (Å²) in [5.41, 5.74) is 0.667. The molecule has 37 heavy (non-hydrogen) atoms. The molecule has 2 aromatic carbocycles. The lowest BCUT2D eigenvalue weighted by Gasteiger charge is -2.03. The Morgan fingerprint density at radius 3 is 2.08 bits per heavy atom. The van der Waals surface area contributed by atoms with Crippen molar-refractivity contribution in [3.05, 3.63) is 108 Å². The number of hydrogen-bond acceptors (Lipinski definition) is 8. The maximum Gasteiger partial charge on any atom is 0.308 e. The highest BCUT2D eigenvalue weighted by Crippen LogP contribution is 2.23. The van der Waals surface area contributed by atoms with Crippen LogP contribution in [0.3, 0.4) is 0 Å². The van der Waals surface area contributed by atoms with Gasteiger partial charge in [0.1, 0.15) is 34.5 Å². The van der Waals surface area contributed by atoms with Crippen LogP contribution in [0.1, 0.15) is 28.0 Å². The number of carbonyl (C=O) groups excluding carboxylic acids is 3. The van der Waals surface area contributed by atoms with E-state index in [4.69, 9.17) is 13.6 Å². The fourth-order valence-corrected chi connectivity index (χ4v) is 3.50. The molecule has 0 saturated carbocycles. The van der Waals surface area contributed by atoms with E-state index in [0.717, 1.165) is 18.4 Å². The summed E-state index contributed by atoms with van der Waals surface area (Å²) in [7, 11) is 0. The van der Waals surface area contributed by atoms with Crippen LogP contribution in [0, 0.1) is 28.6 Å². The van der Waals surface area contributed by atoms with Crippen molar-refractivity contribution in [2.45, 2.75) is 6.92 Å². The molecule has 1 atom stereocenters. The van der Waals surface area contributed by atoms with Gasteiger partial charge in [-0.3, -0.25) is 14.4 Å². The topological polar surface area (TPSA) is 134 Å². The summed E-state index contributed by atoms with van der Waals surface area (Å²) in [5.74, 6) is -3.29. The van der Waals surface area contributed by atoms with E-state index in [-0.39, 0.29) is 22.9 Å². The summed E-state index contributed by atoms with van der Waals surface area (Å²) in [6, 6.07) is 20.8. The van der Waals surface area contributed by atoms with E-state index in [1.807, 2.05) is 6.07 Å². The van der Waals surface area contributed by atoms with Crippen LogP contribution in [0.15, 0.2) is 105 Å². The summed E-state index contributed by atoms with van der Waals surface area (Å²) in [4.78, 5) is 37.2. The second-order valence-electron chi connectivity index (χ2n) is 7.81. The van der Waals surface area contributed by atoms with Crippen LogP contribution in [0.25, 0.3) is 21.9 Å². The monoisotopic (exact) mass is 490 g/mol. The van der Waals surface area contributed by atoms with Crippen molar-refractivity contribution in [2.24, 2.45) is 5.92 Å². The van der Waals surface area contributed by atoms with Gasteiger partial charge < -0.3 is 13.6 Å². The minimum Gasteiger partial charge on any atom is -0.453 e. The van der Waals surface area contributed by atoms with Gasteiger partial charge in [0, 0.05) is 23.8 Å². The highest BCUT2D eigenvalue weighted by molar-refractivity contribution is 6.11. The molecule has 0 saturated heterocycles. The van der Waals surface area contributed by atoms with E-state index in [1.54, 1.807) is 60.7 Å². The third kappa shape index (κ3) is 5.61. The summed E-state index contributed by atoms with van der Waals surface area (Å²) in [6.45, 7) is 1.15. The molecule has 4 aromatic rings. The number of rotatable bonds is 8. The minimum atomic E-state index is -1.19. The molecule has 0 amide bonds. The lowest BCUT2D eigenvalue weighted by molar-refractivity contribution is -0.136. The fourth-order valence-electron chi connectivity index (χ4n) is 3.50. The zero-order chi connectivity index (χ0) is 26.4. The average molecular weight is 490 g/mol. The number of fused-ring (bicyclic) bond motifs is 2. The van der Waals surface area contributed by atoms with Crippen LogP contribution in [-0.2, 0) is 9.53 Å². The van der Waals surface area contributed by atoms with Gasteiger partial charge in [0.25, 0.3) is 0 Å². The molecule has 2 aromatic heterocycles. The van der Waals surface area contributed by atoms with Gasteiger partial charge in [0.15, 0.2) is 11.5 Å². The van der Waals surface area contributed by atoms with Crippen LogP contribution in [-0.4, -0.2) is 17.5 Å². The predicted molar refractivity (Wildman–Crippen MR) is 133 cm³/mol. The van der Waals surface area contributed by atoms with Gasteiger partial charge in [-0.15, -0.1) is 0 Å². The molecule has 0 N–H and O–H groups in total. The Bertz CT molecular complexity index is 1640. The van der Waals surface area contributed by atoms with Crippen LogP contribution >= 0.6 is 0 Å². The zero-order valence-corrected chi connectivity index (χ0v) is 19.5. The van der Waals surface area contributed by atoms with Gasteiger partial charge in [-0.1, -0.05) is 48.6 Å². The molecule has 0 fully saturated rings. The van der Waals surface area contributed by atoms with E-state index in [9.17, 15) is 24.9 Å². The van der Waals surface area contributed by atoms with E-state index >= 15 is 0 Å². The van der Waals surface area contributed by atoms with Gasteiger partial charge in [0.2, 0.25) is 11.6 Å². The predicted octanol–water partition coefficient (Wildman–Crippen LogP) is 5.84. The molecule has 8 nitrogen and oxygen atoms in total. The number of nitriles is 2. The molecule has 0 bridgehead atoms. The Labute approximate surface area is 210 Å². The normalized spacial score (nSPS) is 12.8. The third-order valence-electron chi connectivity index (χ3n) is 5.22. The highest BCUT2D eigenvalue weighted by Gasteiger charge is 2.21. The SMILES string of the molecule is CC(=O)OC(=CC=CC(C#N)C(=O)c1cc2ccccc2o1)C=C(C#N)C(=O)c1cc2ccccc2o1. The maximum absolute atomic E-state index is 12.8. The number of para-hydroxylation sites is 2. The van der Waals surface area contributed by atoms with Gasteiger partial charge in [-0.05, 0) is 30.3 Å². The van der Waals surface area contributed by atoms with Crippen molar-refractivity contribution >= 4 is 39.5 Å². The van der Waals surface area contributed by atoms with E-state index in [0.29, 0.717) is 16.6 Å². The number of Topliss-reactive ketones (excluding diaryl/α,β-unsaturated/α-hetero) is 2. The molecule has 4 rings (SSSR count). The van der Waals surface area contributed by atoms with Crippen molar-refractivity contribution in [1.29, 1.82) is 10.5 Å². The van der Waals surface area contributed by atoms with Crippen LogP contribution in [0.2, 0.25) is 0 Å². The fraction of sp³-hybridized carbons (Fsp3) is 0.0690. The Hall–Kier alpha value is -5.47. The number of benzene rings is 2. The first kappa shape index (κ1) is 24.6. The molecule has 2 heterocycles. The highest BCUT2D eigenvalue weighted by atomic mass is 16.5. The first-order valence-corrected chi connectivity index (χ1v) is 11.0. The molecular formula is C29H18N2O6. The van der Waals surface area contributed by atoms with Crippen molar-refractivity contribution < 1.29 is 28.0 Å². The number of nitrogens with zero attached hydrogens (tertiary/aromatic N) is 2. The van der Waals surface area contributed by atoms with Crippen LogP contribution in [0.4, 0.5) is 0 Å². The van der Waals surface area contributed by atoms with Gasteiger partial charge >= 0.3 is 5.97 Å². The summed E-state index contributed by atoms with van der Waals surface area (Å²) in [5, 5.41) is 20.5. The lowest BCUT2D eigenvalue weighted by atomic mass is 10.0. The summed E-state index contributed by atoms with van der Waals surface area (Å²) in [6.07, 6.45) is 4.97. The molecule has 8 heteroatoms.